The van der Waals surface area contributed by atoms with Crippen LogP contribution in [0.1, 0.15) is 25.0 Å². The monoisotopic (exact) mass is 855 g/mol. The molecule has 0 spiro atoms. The van der Waals surface area contributed by atoms with Crippen LogP contribution in [-0.4, -0.2) is 24.9 Å². The number of fused-ring (bicyclic) bond motifs is 9. The van der Waals surface area contributed by atoms with Crippen molar-refractivity contribution in [2.45, 2.75) is 19.3 Å². The Morgan fingerprint density at radius 1 is 0.343 bits per heavy atom. The highest BCUT2D eigenvalue weighted by Gasteiger charge is 2.36. The van der Waals surface area contributed by atoms with Crippen LogP contribution >= 0.6 is 0 Å². The number of pyridine rings is 2. The van der Waals surface area contributed by atoms with Gasteiger partial charge in [0.1, 0.15) is 0 Å². The molecule has 3 aromatic heterocycles. The quantitative estimate of drug-likeness (QED) is 0.156. The second kappa shape index (κ2) is 15.2. The maximum absolute atomic E-state index is 5.31. The first-order valence-corrected chi connectivity index (χ1v) is 22.8. The lowest BCUT2D eigenvalue weighted by Gasteiger charge is -2.21. The molecule has 3 heterocycles. The van der Waals surface area contributed by atoms with Gasteiger partial charge in [0.2, 0.25) is 0 Å². The van der Waals surface area contributed by atoms with Gasteiger partial charge in [-0.2, -0.15) is 0 Å². The highest BCUT2D eigenvalue weighted by Crippen LogP contribution is 2.52. The molecule has 314 valence electrons. The maximum Gasteiger partial charge on any atom is 0.164 e. The second-order valence-corrected chi connectivity index (χ2v) is 18.0. The van der Waals surface area contributed by atoms with Gasteiger partial charge in [0.25, 0.3) is 0 Å². The molecule has 0 aliphatic heterocycles. The molecule has 5 heteroatoms. The number of hydrogen-bond acceptors (Lipinski definition) is 5. The Balaban J connectivity index is 1.06. The lowest BCUT2D eigenvalue weighted by atomic mass is 9.81. The largest absolute Gasteiger partial charge is 0.264 e. The molecular weight excluding hydrogens is 815 g/mol. The van der Waals surface area contributed by atoms with E-state index in [4.69, 9.17) is 19.9 Å². The van der Waals surface area contributed by atoms with Gasteiger partial charge in [-0.25, -0.2) is 19.9 Å². The SMILES string of the molecule is CC1(C)c2ccc(-c3cc(-c4nc(-c5ccccc5)nc(-c5ccccc5)n4)cc(-c4ccc(-c5nc6ccccc6c6ccncc56)c5ccccc45)c3)cc2-c2c1ccc1ccccc21. The summed E-state index contributed by atoms with van der Waals surface area (Å²) >= 11 is 0. The zero-order valence-corrected chi connectivity index (χ0v) is 36.9. The Bertz CT molecular complexity index is 3890. The van der Waals surface area contributed by atoms with Crippen molar-refractivity contribution >= 4 is 43.2 Å². The van der Waals surface area contributed by atoms with Gasteiger partial charge in [-0.3, -0.25) is 4.98 Å². The number of rotatable bonds is 6. The predicted molar refractivity (Wildman–Crippen MR) is 276 cm³/mol. The molecule has 9 aromatic carbocycles. The van der Waals surface area contributed by atoms with E-state index in [1.807, 2.05) is 48.8 Å². The number of benzene rings is 9. The maximum atomic E-state index is 5.31. The van der Waals surface area contributed by atoms with E-state index in [0.29, 0.717) is 17.5 Å². The van der Waals surface area contributed by atoms with E-state index in [2.05, 4.69) is 183 Å². The lowest BCUT2D eigenvalue weighted by Crippen LogP contribution is -2.14. The van der Waals surface area contributed by atoms with Crippen molar-refractivity contribution in [1.29, 1.82) is 0 Å². The third-order valence-electron chi connectivity index (χ3n) is 13.8. The molecular formula is C62H41N5. The van der Waals surface area contributed by atoms with Crippen LogP contribution in [0.5, 0.6) is 0 Å². The van der Waals surface area contributed by atoms with Crippen LogP contribution in [0.4, 0.5) is 0 Å². The molecule has 0 radical (unpaired) electrons. The van der Waals surface area contributed by atoms with Gasteiger partial charge in [0.05, 0.1) is 11.2 Å². The first-order valence-electron chi connectivity index (χ1n) is 22.8. The molecule has 0 bridgehead atoms. The third kappa shape index (κ3) is 6.34. The summed E-state index contributed by atoms with van der Waals surface area (Å²) in [6.45, 7) is 4.70. The standard InChI is InChI=1S/C62H41N5/c1-62(2)54-29-26-41(36-52(54)57-46-20-10-9-15-38(46)25-30-55(57)62)42-33-43(35-44(34-42)61-66-59(39-16-5-3-6-17-39)65-60(67-61)40-18-7-4-8-19-40)45-27-28-51(48-22-12-11-21-47(45)48)58-53-37-63-32-31-49(53)50-23-13-14-24-56(50)64-58/h3-37H,1-2H3. The van der Waals surface area contributed by atoms with Crippen molar-refractivity contribution in [3.63, 3.8) is 0 Å². The summed E-state index contributed by atoms with van der Waals surface area (Å²) in [5.74, 6) is 1.85. The smallest absolute Gasteiger partial charge is 0.164 e. The van der Waals surface area contributed by atoms with Crippen LogP contribution < -0.4 is 0 Å². The average molecular weight is 856 g/mol. The number of para-hydroxylation sites is 1. The average Bonchev–Trinajstić information content (AvgIpc) is 3.63. The highest BCUT2D eigenvalue weighted by atomic mass is 15.0. The first-order chi connectivity index (χ1) is 33.0. The fourth-order valence-corrected chi connectivity index (χ4v) is 10.5. The molecule has 67 heavy (non-hydrogen) atoms. The zero-order chi connectivity index (χ0) is 44.6. The van der Waals surface area contributed by atoms with Crippen LogP contribution in [0.25, 0.3) is 122 Å². The summed E-state index contributed by atoms with van der Waals surface area (Å²) in [7, 11) is 0. The summed E-state index contributed by atoms with van der Waals surface area (Å²) < 4.78 is 0. The van der Waals surface area contributed by atoms with Gasteiger partial charge in [-0.1, -0.05) is 178 Å². The van der Waals surface area contributed by atoms with Gasteiger partial charge >= 0.3 is 0 Å². The van der Waals surface area contributed by atoms with E-state index in [1.54, 1.807) is 0 Å². The number of hydrogen-bond donors (Lipinski definition) is 0. The molecule has 12 aromatic rings. The van der Waals surface area contributed by atoms with Gasteiger partial charge in [0, 0.05) is 50.8 Å². The molecule has 1 aliphatic carbocycles. The van der Waals surface area contributed by atoms with E-state index in [0.717, 1.165) is 82.6 Å². The summed E-state index contributed by atoms with van der Waals surface area (Å²) in [6.07, 6.45) is 3.81. The van der Waals surface area contributed by atoms with Crippen molar-refractivity contribution in [1.82, 2.24) is 24.9 Å². The van der Waals surface area contributed by atoms with Crippen LogP contribution in [-0.2, 0) is 5.41 Å². The van der Waals surface area contributed by atoms with Crippen molar-refractivity contribution in [2.75, 3.05) is 0 Å². The van der Waals surface area contributed by atoms with E-state index in [-0.39, 0.29) is 5.41 Å². The zero-order valence-electron chi connectivity index (χ0n) is 36.9. The highest BCUT2D eigenvalue weighted by molar-refractivity contribution is 6.15. The van der Waals surface area contributed by atoms with Gasteiger partial charge < -0.3 is 0 Å². The molecule has 5 nitrogen and oxygen atoms in total. The van der Waals surface area contributed by atoms with Crippen LogP contribution in [0.3, 0.4) is 0 Å². The Kier molecular flexibility index (Phi) is 8.80. The Labute approximate surface area is 388 Å². The molecule has 1 aliphatic rings. The van der Waals surface area contributed by atoms with E-state index >= 15 is 0 Å². The second-order valence-electron chi connectivity index (χ2n) is 18.0. The Morgan fingerprint density at radius 2 is 0.925 bits per heavy atom. The fraction of sp³-hybridized carbons (Fsp3) is 0.0484. The summed E-state index contributed by atoms with van der Waals surface area (Å²) in [5, 5.41) is 8.04. The van der Waals surface area contributed by atoms with Crippen LogP contribution in [0.2, 0.25) is 0 Å². The molecule has 0 fully saturated rings. The molecule has 0 N–H and O–H groups in total. The van der Waals surface area contributed by atoms with Gasteiger partial charge in [-0.15, -0.1) is 0 Å². The number of nitrogens with zero attached hydrogens (tertiary/aromatic N) is 5. The predicted octanol–water partition coefficient (Wildman–Crippen LogP) is 15.6. The molecule has 0 saturated heterocycles. The fourth-order valence-electron chi connectivity index (χ4n) is 10.5. The van der Waals surface area contributed by atoms with Crippen molar-refractivity contribution in [3.05, 3.63) is 224 Å². The Morgan fingerprint density at radius 3 is 1.67 bits per heavy atom. The third-order valence-corrected chi connectivity index (χ3v) is 13.8. The summed E-state index contributed by atoms with van der Waals surface area (Å²) in [5.41, 5.74) is 15.2. The van der Waals surface area contributed by atoms with Crippen molar-refractivity contribution in [3.8, 4) is 78.8 Å². The minimum Gasteiger partial charge on any atom is -0.264 e. The van der Waals surface area contributed by atoms with E-state index in [9.17, 15) is 0 Å². The van der Waals surface area contributed by atoms with Gasteiger partial charge in [-0.05, 0) is 108 Å². The van der Waals surface area contributed by atoms with Crippen molar-refractivity contribution in [2.24, 2.45) is 0 Å². The van der Waals surface area contributed by atoms with E-state index in [1.165, 1.54) is 33.0 Å². The summed E-state index contributed by atoms with van der Waals surface area (Å²) in [6, 6.07) is 71.2. The van der Waals surface area contributed by atoms with Crippen LogP contribution in [0.15, 0.2) is 213 Å². The first kappa shape index (κ1) is 38.8. The van der Waals surface area contributed by atoms with Crippen LogP contribution in [0, 0.1) is 0 Å². The summed E-state index contributed by atoms with van der Waals surface area (Å²) in [4.78, 5) is 25.4. The minimum absolute atomic E-state index is 0.144. The topological polar surface area (TPSA) is 64.5 Å². The van der Waals surface area contributed by atoms with Gasteiger partial charge in [0.15, 0.2) is 17.5 Å². The molecule has 0 saturated carbocycles. The molecule has 0 atom stereocenters. The molecule has 13 rings (SSSR count). The lowest BCUT2D eigenvalue weighted by molar-refractivity contribution is 0.661. The van der Waals surface area contributed by atoms with Crippen molar-refractivity contribution < 1.29 is 0 Å². The number of aromatic nitrogens is 5. The minimum atomic E-state index is -0.144. The Hall–Kier alpha value is -8.67. The van der Waals surface area contributed by atoms with E-state index < -0.39 is 0 Å². The molecule has 0 amide bonds. The normalized spacial score (nSPS) is 12.7. The molecule has 0 unspecified atom stereocenters.